The summed E-state index contributed by atoms with van der Waals surface area (Å²) in [5.74, 6) is 0. The van der Waals surface area contributed by atoms with Crippen molar-refractivity contribution in [3.05, 3.63) is 77.7 Å². The van der Waals surface area contributed by atoms with Gasteiger partial charge in [-0.25, -0.2) is 0 Å². The zero-order chi connectivity index (χ0) is 18.1. The Hall–Kier alpha value is -2.36. The van der Waals surface area contributed by atoms with Crippen molar-refractivity contribution in [2.75, 3.05) is 18.0 Å². The molecule has 1 N–H and O–H groups in total. The van der Waals surface area contributed by atoms with E-state index in [0.29, 0.717) is 6.04 Å². The van der Waals surface area contributed by atoms with Gasteiger partial charge in [0, 0.05) is 23.0 Å². The maximum absolute atomic E-state index is 3.52. The first-order valence-electron chi connectivity index (χ1n) is 9.80. The molecule has 1 aliphatic rings. The van der Waals surface area contributed by atoms with Crippen LogP contribution in [0.15, 0.2) is 72.1 Å². The number of benzene rings is 3. The summed E-state index contributed by atoms with van der Waals surface area (Å²) in [6.45, 7) is 3.18. The van der Waals surface area contributed by atoms with Crippen LogP contribution in [0.1, 0.15) is 18.4 Å². The molecule has 5 rings (SSSR count). The fourth-order valence-corrected chi connectivity index (χ4v) is 5.07. The molecule has 4 aromatic rings. The highest BCUT2D eigenvalue weighted by Crippen LogP contribution is 2.31. The molecule has 2 nitrogen and oxygen atoms in total. The number of hydrogen-bond donors (Lipinski definition) is 1. The second-order valence-corrected chi connectivity index (χ2v) is 8.34. The van der Waals surface area contributed by atoms with Crippen molar-refractivity contribution in [3.8, 4) is 0 Å². The van der Waals surface area contributed by atoms with Gasteiger partial charge in [0.1, 0.15) is 0 Å². The van der Waals surface area contributed by atoms with E-state index in [0.717, 1.165) is 19.6 Å². The Labute approximate surface area is 164 Å². The summed E-state index contributed by atoms with van der Waals surface area (Å²) in [4.78, 5) is 2.64. The van der Waals surface area contributed by atoms with Crippen LogP contribution >= 0.6 is 11.3 Å². The van der Waals surface area contributed by atoms with Crippen LogP contribution in [0.25, 0.3) is 20.9 Å². The van der Waals surface area contributed by atoms with Crippen LogP contribution in [-0.2, 0) is 6.54 Å². The van der Waals surface area contributed by atoms with E-state index in [1.165, 1.54) is 45.0 Å². The highest BCUT2D eigenvalue weighted by atomic mass is 32.1. The van der Waals surface area contributed by atoms with E-state index >= 15 is 0 Å². The topological polar surface area (TPSA) is 15.3 Å². The van der Waals surface area contributed by atoms with Gasteiger partial charge in [0.2, 0.25) is 0 Å². The number of hydrogen-bond acceptors (Lipinski definition) is 3. The summed E-state index contributed by atoms with van der Waals surface area (Å²) in [5.41, 5.74) is 2.76. The van der Waals surface area contributed by atoms with Crippen LogP contribution < -0.4 is 10.2 Å². The lowest BCUT2D eigenvalue weighted by Crippen LogP contribution is -2.43. The highest BCUT2D eigenvalue weighted by Gasteiger charge is 2.22. The van der Waals surface area contributed by atoms with Gasteiger partial charge in [0.15, 0.2) is 0 Å². The molecular formula is C24H24N2S. The lowest BCUT2D eigenvalue weighted by Gasteiger charge is -2.37. The van der Waals surface area contributed by atoms with E-state index in [1.54, 1.807) is 0 Å². The molecule has 0 amide bonds. The molecule has 136 valence electrons. The van der Waals surface area contributed by atoms with Crippen LogP contribution in [0.3, 0.4) is 0 Å². The van der Waals surface area contributed by atoms with Crippen molar-refractivity contribution in [1.29, 1.82) is 0 Å². The van der Waals surface area contributed by atoms with Crippen molar-refractivity contribution in [2.24, 2.45) is 0 Å². The van der Waals surface area contributed by atoms with Gasteiger partial charge in [0.25, 0.3) is 0 Å². The second kappa shape index (κ2) is 7.34. The first kappa shape index (κ1) is 16.8. The smallest absolute Gasteiger partial charge is 0.0438 e. The Morgan fingerprint density at radius 3 is 2.67 bits per heavy atom. The molecule has 3 aromatic carbocycles. The van der Waals surface area contributed by atoms with Gasteiger partial charge in [0.05, 0.1) is 0 Å². The van der Waals surface area contributed by atoms with Crippen molar-refractivity contribution in [1.82, 2.24) is 5.32 Å². The van der Waals surface area contributed by atoms with Gasteiger partial charge in [-0.1, -0.05) is 42.5 Å². The largest absolute Gasteiger partial charge is 0.364 e. The minimum absolute atomic E-state index is 0.585. The molecule has 0 unspecified atom stereocenters. The van der Waals surface area contributed by atoms with Gasteiger partial charge in [-0.2, -0.15) is 0 Å². The van der Waals surface area contributed by atoms with Gasteiger partial charge in [-0.3, -0.25) is 0 Å². The third-order valence-electron chi connectivity index (χ3n) is 5.74. The molecule has 1 saturated heterocycles. The maximum Gasteiger partial charge on any atom is 0.0438 e. The molecule has 3 heteroatoms. The van der Waals surface area contributed by atoms with Gasteiger partial charge >= 0.3 is 0 Å². The van der Waals surface area contributed by atoms with Crippen LogP contribution in [0.5, 0.6) is 0 Å². The molecule has 0 saturated carbocycles. The van der Waals surface area contributed by atoms with E-state index in [-0.39, 0.29) is 0 Å². The molecule has 27 heavy (non-hydrogen) atoms. The first-order valence-corrected chi connectivity index (χ1v) is 10.7. The zero-order valence-electron chi connectivity index (χ0n) is 15.4. The maximum atomic E-state index is 3.52. The molecule has 0 radical (unpaired) electrons. The third-order valence-corrected chi connectivity index (χ3v) is 6.64. The number of nitrogens with one attached hydrogen (secondary N) is 1. The summed E-state index contributed by atoms with van der Waals surface area (Å²) in [6.07, 6.45) is 2.40. The first-order chi connectivity index (χ1) is 13.4. The predicted octanol–water partition coefficient (Wildman–Crippen LogP) is 5.81. The Balaban J connectivity index is 1.56. The quantitative estimate of drug-likeness (QED) is 0.486. The van der Waals surface area contributed by atoms with Crippen LogP contribution in [0, 0.1) is 0 Å². The number of thiophene rings is 1. The highest BCUT2D eigenvalue weighted by molar-refractivity contribution is 7.17. The van der Waals surface area contributed by atoms with Crippen LogP contribution in [0.4, 0.5) is 5.69 Å². The number of nitrogens with zero attached hydrogens (tertiary/aromatic N) is 1. The number of anilines is 1. The number of rotatable bonds is 4. The summed E-state index contributed by atoms with van der Waals surface area (Å²) < 4.78 is 1.37. The van der Waals surface area contributed by atoms with E-state index < -0.39 is 0 Å². The SMILES string of the molecule is c1ccc2c(CN(c3ccc4sccc4c3)C3CCNCC3)cccc2c1. The number of fused-ring (bicyclic) bond motifs is 2. The minimum Gasteiger partial charge on any atom is -0.364 e. The van der Waals surface area contributed by atoms with Gasteiger partial charge in [-0.05, 0) is 77.3 Å². The van der Waals surface area contributed by atoms with Crippen molar-refractivity contribution in [3.63, 3.8) is 0 Å². The average molecular weight is 373 g/mol. The number of piperidine rings is 1. The normalized spacial score (nSPS) is 15.4. The van der Waals surface area contributed by atoms with Crippen molar-refractivity contribution < 1.29 is 0 Å². The van der Waals surface area contributed by atoms with Gasteiger partial charge in [-0.15, -0.1) is 11.3 Å². The summed E-state index contributed by atoms with van der Waals surface area (Å²) in [7, 11) is 0. The van der Waals surface area contributed by atoms with E-state index in [1.807, 2.05) is 11.3 Å². The molecule has 1 aromatic heterocycles. The summed E-state index contributed by atoms with van der Waals surface area (Å²) >= 11 is 1.82. The lowest BCUT2D eigenvalue weighted by molar-refractivity contribution is 0.428. The molecule has 0 atom stereocenters. The van der Waals surface area contributed by atoms with Gasteiger partial charge < -0.3 is 10.2 Å². The molecule has 0 bridgehead atoms. The molecule has 2 heterocycles. The summed E-state index contributed by atoms with van der Waals surface area (Å²) in [5, 5.41) is 9.76. The van der Waals surface area contributed by atoms with Crippen molar-refractivity contribution >= 4 is 37.9 Å². The van der Waals surface area contributed by atoms with E-state index in [2.05, 4.69) is 82.3 Å². The van der Waals surface area contributed by atoms with E-state index in [9.17, 15) is 0 Å². The molecule has 0 spiro atoms. The van der Waals surface area contributed by atoms with Crippen molar-refractivity contribution in [2.45, 2.75) is 25.4 Å². The average Bonchev–Trinajstić information content (AvgIpc) is 3.20. The Morgan fingerprint density at radius 2 is 1.74 bits per heavy atom. The third kappa shape index (κ3) is 3.33. The van der Waals surface area contributed by atoms with Crippen LogP contribution in [-0.4, -0.2) is 19.1 Å². The Morgan fingerprint density at radius 1 is 0.889 bits per heavy atom. The Kier molecular flexibility index (Phi) is 4.56. The minimum atomic E-state index is 0.585. The standard InChI is InChI=1S/C24H24N2S/c1-2-7-23-18(4-1)5-3-6-20(23)17-26(21-10-13-25-14-11-21)22-8-9-24-19(16-22)12-15-27-24/h1-9,12,15-16,21,25H,10-11,13-14,17H2. The fraction of sp³-hybridized carbons (Fsp3) is 0.250. The lowest BCUT2D eigenvalue weighted by atomic mass is 10.00. The monoisotopic (exact) mass is 372 g/mol. The molecule has 1 aliphatic heterocycles. The predicted molar refractivity (Wildman–Crippen MR) is 118 cm³/mol. The Bertz CT molecular complexity index is 1060. The fourth-order valence-electron chi connectivity index (χ4n) is 4.30. The zero-order valence-corrected chi connectivity index (χ0v) is 16.2. The molecular weight excluding hydrogens is 348 g/mol. The van der Waals surface area contributed by atoms with E-state index in [4.69, 9.17) is 0 Å². The molecule has 1 fully saturated rings. The summed E-state index contributed by atoms with van der Waals surface area (Å²) in [6, 6.07) is 25.2. The molecule has 0 aliphatic carbocycles. The van der Waals surface area contributed by atoms with Crippen LogP contribution in [0.2, 0.25) is 0 Å². The second-order valence-electron chi connectivity index (χ2n) is 7.39.